The highest BCUT2D eigenvalue weighted by Gasteiger charge is 2.30. The Bertz CT molecular complexity index is 908. The van der Waals surface area contributed by atoms with E-state index in [4.69, 9.17) is 0 Å². The van der Waals surface area contributed by atoms with Crippen LogP contribution in [0.5, 0.6) is 0 Å². The van der Waals surface area contributed by atoms with E-state index in [9.17, 15) is 4.79 Å². The number of nitrogens with one attached hydrogen (secondary N) is 1. The SMILES string of the molecule is CC1Cc2ccccc2N1c1ncccc1C(=O)Nc1ccccc1. The fourth-order valence-electron chi connectivity index (χ4n) is 3.37. The van der Waals surface area contributed by atoms with Crippen LogP contribution in [-0.4, -0.2) is 16.9 Å². The highest BCUT2D eigenvalue weighted by atomic mass is 16.1. The number of carbonyl (C=O) groups is 1. The highest BCUT2D eigenvalue weighted by Crippen LogP contribution is 2.38. The predicted octanol–water partition coefficient (Wildman–Crippen LogP) is 4.42. The zero-order chi connectivity index (χ0) is 17.2. The topological polar surface area (TPSA) is 45.2 Å². The van der Waals surface area contributed by atoms with Crippen LogP contribution in [0.1, 0.15) is 22.8 Å². The summed E-state index contributed by atoms with van der Waals surface area (Å²) in [5, 5.41) is 2.96. The van der Waals surface area contributed by atoms with Gasteiger partial charge in [-0.15, -0.1) is 0 Å². The zero-order valence-electron chi connectivity index (χ0n) is 14.0. The minimum Gasteiger partial charge on any atom is -0.322 e. The molecule has 3 aromatic rings. The van der Waals surface area contributed by atoms with Crippen LogP contribution in [0.15, 0.2) is 72.9 Å². The number of nitrogens with zero attached hydrogens (tertiary/aromatic N) is 2. The lowest BCUT2D eigenvalue weighted by molar-refractivity contribution is 0.102. The molecule has 0 fully saturated rings. The van der Waals surface area contributed by atoms with Crippen molar-refractivity contribution in [1.82, 2.24) is 4.98 Å². The monoisotopic (exact) mass is 329 g/mol. The molecule has 124 valence electrons. The number of para-hydroxylation sites is 2. The van der Waals surface area contributed by atoms with Gasteiger partial charge in [0.05, 0.1) is 5.56 Å². The largest absolute Gasteiger partial charge is 0.322 e. The van der Waals surface area contributed by atoms with Crippen molar-refractivity contribution >= 4 is 23.1 Å². The molecule has 4 rings (SSSR count). The van der Waals surface area contributed by atoms with Gasteiger partial charge >= 0.3 is 0 Å². The zero-order valence-corrected chi connectivity index (χ0v) is 14.0. The average Bonchev–Trinajstić information content (AvgIpc) is 2.98. The molecule has 0 aliphatic carbocycles. The number of carbonyl (C=O) groups excluding carboxylic acids is 1. The summed E-state index contributed by atoms with van der Waals surface area (Å²) in [5.41, 5.74) is 3.77. The van der Waals surface area contributed by atoms with E-state index in [1.54, 1.807) is 12.3 Å². The quantitative estimate of drug-likeness (QED) is 0.774. The van der Waals surface area contributed by atoms with Crippen LogP contribution in [0.3, 0.4) is 0 Å². The maximum absolute atomic E-state index is 12.8. The number of aromatic nitrogens is 1. The number of pyridine rings is 1. The summed E-state index contributed by atoms with van der Waals surface area (Å²) in [5.74, 6) is 0.555. The Morgan fingerprint density at radius 3 is 2.64 bits per heavy atom. The molecule has 1 amide bonds. The third kappa shape index (κ3) is 2.87. The lowest BCUT2D eigenvalue weighted by atomic mass is 10.1. The van der Waals surface area contributed by atoms with E-state index in [-0.39, 0.29) is 11.9 Å². The normalized spacial score (nSPS) is 15.7. The van der Waals surface area contributed by atoms with Crippen molar-refractivity contribution in [2.75, 3.05) is 10.2 Å². The molecule has 1 aliphatic heterocycles. The van der Waals surface area contributed by atoms with Crippen LogP contribution in [0.2, 0.25) is 0 Å². The van der Waals surface area contributed by atoms with Gasteiger partial charge in [-0.25, -0.2) is 4.98 Å². The van der Waals surface area contributed by atoms with Gasteiger partial charge in [0.2, 0.25) is 0 Å². The Kier molecular flexibility index (Phi) is 3.94. The Hall–Kier alpha value is -3.14. The summed E-state index contributed by atoms with van der Waals surface area (Å²) < 4.78 is 0. The summed E-state index contributed by atoms with van der Waals surface area (Å²) >= 11 is 0. The van der Waals surface area contributed by atoms with Crippen molar-refractivity contribution in [2.24, 2.45) is 0 Å². The third-order valence-corrected chi connectivity index (χ3v) is 4.50. The number of fused-ring (bicyclic) bond motifs is 1. The van der Waals surface area contributed by atoms with Crippen molar-refractivity contribution < 1.29 is 4.79 Å². The van der Waals surface area contributed by atoms with Crippen molar-refractivity contribution in [3.05, 3.63) is 84.1 Å². The smallest absolute Gasteiger partial charge is 0.259 e. The standard InChI is InChI=1S/C21H19N3O/c1-15-14-16-8-5-6-12-19(16)24(15)20-18(11-7-13-22-20)21(25)23-17-9-3-2-4-10-17/h2-13,15H,14H2,1H3,(H,23,25). The Morgan fingerprint density at radius 2 is 1.80 bits per heavy atom. The molecular formula is C21H19N3O. The Balaban J connectivity index is 1.71. The van der Waals surface area contributed by atoms with E-state index in [0.717, 1.165) is 17.8 Å². The number of rotatable bonds is 3. The van der Waals surface area contributed by atoms with Crippen LogP contribution >= 0.6 is 0 Å². The van der Waals surface area contributed by atoms with E-state index in [1.807, 2.05) is 42.5 Å². The summed E-state index contributed by atoms with van der Waals surface area (Å²) in [6, 6.07) is 21.7. The molecule has 0 radical (unpaired) electrons. The van der Waals surface area contributed by atoms with Gasteiger partial charge in [-0.3, -0.25) is 4.79 Å². The Labute approximate surface area is 147 Å². The van der Waals surface area contributed by atoms with E-state index in [2.05, 4.69) is 40.3 Å². The summed E-state index contributed by atoms with van der Waals surface area (Å²) in [7, 11) is 0. The first kappa shape index (κ1) is 15.4. The molecule has 2 heterocycles. The number of anilines is 3. The number of hydrogen-bond donors (Lipinski definition) is 1. The molecule has 1 aliphatic rings. The van der Waals surface area contributed by atoms with E-state index in [0.29, 0.717) is 11.4 Å². The molecule has 0 spiro atoms. The first-order valence-corrected chi connectivity index (χ1v) is 8.42. The predicted molar refractivity (Wildman–Crippen MR) is 100 cm³/mol. The van der Waals surface area contributed by atoms with Gasteiger partial charge in [0.15, 0.2) is 0 Å². The molecule has 1 aromatic heterocycles. The maximum atomic E-state index is 12.8. The molecule has 2 aromatic carbocycles. The third-order valence-electron chi connectivity index (χ3n) is 4.50. The van der Waals surface area contributed by atoms with Gasteiger partial charge in [0.25, 0.3) is 5.91 Å². The van der Waals surface area contributed by atoms with Crippen LogP contribution in [0, 0.1) is 0 Å². The lowest BCUT2D eigenvalue weighted by Gasteiger charge is -2.25. The summed E-state index contributed by atoms with van der Waals surface area (Å²) in [6.07, 6.45) is 2.69. The van der Waals surface area contributed by atoms with E-state index >= 15 is 0 Å². The molecule has 4 heteroatoms. The molecule has 1 N–H and O–H groups in total. The van der Waals surface area contributed by atoms with Crippen molar-refractivity contribution in [2.45, 2.75) is 19.4 Å². The van der Waals surface area contributed by atoms with E-state index in [1.165, 1.54) is 5.56 Å². The molecule has 1 unspecified atom stereocenters. The molecule has 0 bridgehead atoms. The van der Waals surface area contributed by atoms with Gasteiger partial charge < -0.3 is 10.2 Å². The Morgan fingerprint density at radius 1 is 1.04 bits per heavy atom. The van der Waals surface area contributed by atoms with Gasteiger partial charge in [0, 0.05) is 23.6 Å². The first-order valence-electron chi connectivity index (χ1n) is 8.42. The van der Waals surface area contributed by atoms with Crippen molar-refractivity contribution in [3.63, 3.8) is 0 Å². The second-order valence-electron chi connectivity index (χ2n) is 6.25. The second kappa shape index (κ2) is 6.40. The number of amides is 1. The fraction of sp³-hybridized carbons (Fsp3) is 0.143. The highest BCUT2D eigenvalue weighted by molar-refractivity contribution is 6.08. The molecule has 0 saturated carbocycles. The molecule has 1 atom stereocenters. The summed E-state index contributed by atoms with van der Waals surface area (Å²) in [6.45, 7) is 2.16. The van der Waals surface area contributed by atoms with Gasteiger partial charge in [-0.2, -0.15) is 0 Å². The van der Waals surface area contributed by atoms with Crippen molar-refractivity contribution in [3.8, 4) is 0 Å². The van der Waals surface area contributed by atoms with Gasteiger partial charge in [-0.1, -0.05) is 36.4 Å². The second-order valence-corrected chi connectivity index (χ2v) is 6.25. The fourth-order valence-corrected chi connectivity index (χ4v) is 3.37. The number of benzene rings is 2. The van der Waals surface area contributed by atoms with Crippen LogP contribution in [0.4, 0.5) is 17.2 Å². The average molecular weight is 329 g/mol. The first-order chi connectivity index (χ1) is 12.2. The van der Waals surface area contributed by atoms with Crippen LogP contribution in [-0.2, 0) is 6.42 Å². The minimum absolute atomic E-state index is 0.147. The molecule has 0 saturated heterocycles. The van der Waals surface area contributed by atoms with Crippen LogP contribution < -0.4 is 10.2 Å². The molecule has 25 heavy (non-hydrogen) atoms. The summed E-state index contributed by atoms with van der Waals surface area (Å²) in [4.78, 5) is 19.5. The van der Waals surface area contributed by atoms with Crippen molar-refractivity contribution in [1.29, 1.82) is 0 Å². The minimum atomic E-state index is -0.147. The van der Waals surface area contributed by atoms with E-state index < -0.39 is 0 Å². The van der Waals surface area contributed by atoms with Gasteiger partial charge in [0.1, 0.15) is 5.82 Å². The molecule has 4 nitrogen and oxygen atoms in total. The maximum Gasteiger partial charge on any atom is 0.259 e. The number of hydrogen-bond acceptors (Lipinski definition) is 3. The van der Waals surface area contributed by atoms with Crippen LogP contribution in [0.25, 0.3) is 0 Å². The lowest BCUT2D eigenvalue weighted by Crippen LogP contribution is -2.27. The van der Waals surface area contributed by atoms with Gasteiger partial charge in [-0.05, 0) is 49.2 Å². The molecular weight excluding hydrogens is 310 g/mol.